The SMILES string of the molecule is CC(C)CC(O)CNCc1ccc(/C(N)=N/O)cc1Cl. The van der Waals surface area contributed by atoms with Gasteiger partial charge in [0.2, 0.25) is 0 Å². The maximum absolute atomic E-state index is 9.76. The maximum Gasteiger partial charge on any atom is 0.170 e. The first-order chi connectivity index (χ1) is 9.43. The van der Waals surface area contributed by atoms with Crippen LogP contribution in [0.1, 0.15) is 31.4 Å². The Hall–Kier alpha value is -1.30. The summed E-state index contributed by atoms with van der Waals surface area (Å²) in [7, 11) is 0. The van der Waals surface area contributed by atoms with Gasteiger partial charge in [-0.2, -0.15) is 0 Å². The van der Waals surface area contributed by atoms with Crippen molar-refractivity contribution in [1.29, 1.82) is 0 Å². The molecule has 0 fully saturated rings. The minimum absolute atomic E-state index is 0.0266. The Labute approximate surface area is 124 Å². The molecule has 112 valence electrons. The number of benzene rings is 1. The van der Waals surface area contributed by atoms with Crippen LogP contribution >= 0.6 is 11.6 Å². The number of hydrogen-bond donors (Lipinski definition) is 4. The highest BCUT2D eigenvalue weighted by Crippen LogP contribution is 2.18. The van der Waals surface area contributed by atoms with E-state index in [4.69, 9.17) is 22.5 Å². The number of aliphatic hydroxyl groups excluding tert-OH is 1. The highest BCUT2D eigenvalue weighted by Gasteiger charge is 2.08. The maximum atomic E-state index is 9.76. The molecule has 0 aliphatic carbocycles. The van der Waals surface area contributed by atoms with E-state index in [2.05, 4.69) is 24.3 Å². The topological polar surface area (TPSA) is 90.9 Å². The molecule has 0 radical (unpaired) electrons. The summed E-state index contributed by atoms with van der Waals surface area (Å²) in [5.74, 6) is 0.495. The van der Waals surface area contributed by atoms with Crippen LogP contribution in [-0.2, 0) is 6.54 Å². The van der Waals surface area contributed by atoms with Crippen LogP contribution in [0.4, 0.5) is 0 Å². The predicted octanol–water partition coefficient (Wildman–Crippen LogP) is 1.93. The lowest BCUT2D eigenvalue weighted by Crippen LogP contribution is -2.27. The number of amidine groups is 1. The number of nitrogens with zero attached hydrogens (tertiary/aromatic N) is 1. The molecular weight excluding hydrogens is 278 g/mol. The molecule has 0 heterocycles. The number of oxime groups is 1. The molecule has 0 saturated carbocycles. The minimum Gasteiger partial charge on any atom is -0.409 e. The van der Waals surface area contributed by atoms with Gasteiger partial charge in [-0.05, 0) is 24.0 Å². The lowest BCUT2D eigenvalue weighted by Gasteiger charge is -2.14. The van der Waals surface area contributed by atoms with E-state index < -0.39 is 0 Å². The fraction of sp³-hybridized carbons (Fsp3) is 0.500. The summed E-state index contributed by atoms with van der Waals surface area (Å²) in [6, 6.07) is 5.21. The van der Waals surface area contributed by atoms with Crippen molar-refractivity contribution in [3.05, 3.63) is 34.3 Å². The second-order valence-electron chi connectivity index (χ2n) is 5.21. The molecule has 20 heavy (non-hydrogen) atoms. The molecule has 0 aliphatic heterocycles. The minimum atomic E-state index is -0.356. The van der Waals surface area contributed by atoms with Gasteiger partial charge in [-0.25, -0.2) is 0 Å². The number of aliphatic hydroxyl groups is 1. The highest BCUT2D eigenvalue weighted by molar-refractivity contribution is 6.31. The van der Waals surface area contributed by atoms with Crippen molar-refractivity contribution in [1.82, 2.24) is 5.32 Å². The van der Waals surface area contributed by atoms with E-state index in [1.807, 2.05) is 6.07 Å². The van der Waals surface area contributed by atoms with Gasteiger partial charge in [0.05, 0.1) is 6.10 Å². The summed E-state index contributed by atoms with van der Waals surface area (Å²) in [5, 5.41) is 25.0. The van der Waals surface area contributed by atoms with E-state index in [1.54, 1.807) is 12.1 Å². The van der Waals surface area contributed by atoms with Crippen LogP contribution < -0.4 is 11.1 Å². The number of halogens is 1. The highest BCUT2D eigenvalue weighted by atomic mass is 35.5. The van der Waals surface area contributed by atoms with Crippen molar-refractivity contribution in [3.8, 4) is 0 Å². The van der Waals surface area contributed by atoms with Crippen LogP contribution in [0.5, 0.6) is 0 Å². The zero-order chi connectivity index (χ0) is 15.1. The molecule has 6 heteroatoms. The number of nitrogens with two attached hydrogens (primary N) is 1. The van der Waals surface area contributed by atoms with Crippen molar-refractivity contribution < 1.29 is 10.3 Å². The normalized spacial score (nSPS) is 13.8. The van der Waals surface area contributed by atoms with Crippen molar-refractivity contribution in [2.45, 2.75) is 32.9 Å². The van der Waals surface area contributed by atoms with E-state index in [-0.39, 0.29) is 11.9 Å². The van der Waals surface area contributed by atoms with Gasteiger partial charge >= 0.3 is 0 Å². The summed E-state index contributed by atoms with van der Waals surface area (Å²) < 4.78 is 0. The molecule has 5 nitrogen and oxygen atoms in total. The van der Waals surface area contributed by atoms with Gasteiger partial charge in [-0.1, -0.05) is 42.7 Å². The fourth-order valence-electron chi connectivity index (χ4n) is 1.91. The molecule has 1 rings (SSSR count). The first-order valence-corrected chi connectivity index (χ1v) is 6.97. The molecule has 0 amide bonds. The first-order valence-electron chi connectivity index (χ1n) is 6.59. The van der Waals surface area contributed by atoms with Gasteiger partial charge in [0, 0.05) is 23.7 Å². The molecule has 0 aromatic heterocycles. The lowest BCUT2D eigenvalue weighted by molar-refractivity contribution is 0.146. The van der Waals surface area contributed by atoms with Crippen molar-refractivity contribution >= 4 is 17.4 Å². The van der Waals surface area contributed by atoms with Gasteiger partial charge in [0.1, 0.15) is 0 Å². The van der Waals surface area contributed by atoms with Crippen LogP contribution in [0.15, 0.2) is 23.4 Å². The van der Waals surface area contributed by atoms with Crippen molar-refractivity contribution in [3.63, 3.8) is 0 Å². The summed E-state index contributed by atoms with van der Waals surface area (Å²) >= 11 is 6.14. The summed E-state index contributed by atoms with van der Waals surface area (Å²) in [6.07, 6.45) is 0.411. The third kappa shape index (κ3) is 5.36. The Balaban J connectivity index is 2.53. The van der Waals surface area contributed by atoms with E-state index in [0.717, 1.165) is 12.0 Å². The summed E-state index contributed by atoms with van der Waals surface area (Å²) in [5.41, 5.74) is 6.96. The monoisotopic (exact) mass is 299 g/mol. The zero-order valence-electron chi connectivity index (χ0n) is 11.8. The largest absolute Gasteiger partial charge is 0.409 e. The molecule has 1 atom stereocenters. The molecule has 0 spiro atoms. The molecule has 0 aliphatic rings. The smallest absolute Gasteiger partial charge is 0.170 e. The zero-order valence-corrected chi connectivity index (χ0v) is 12.6. The second-order valence-corrected chi connectivity index (χ2v) is 5.61. The molecule has 5 N–H and O–H groups in total. The Morgan fingerprint density at radius 3 is 2.70 bits per heavy atom. The van der Waals surface area contributed by atoms with Crippen LogP contribution in [0.2, 0.25) is 5.02 Å². The van der Waals surface area contributed by atoms with E-state index in [1.165, 1.54) is 0 Å². The average Bonchev–Trinajstić information content (AvgIpc) is 2.38. The number of hydrogen-bond acceptors (Lipinski definition) is 4. The Bertz CT molecular complexity index is 464. The standard InChI is InChI=1S/C14H22ClN3O2/c1-9(2)5-12(19)8-17-7-11-4-3-10(6-13(11)15)14(16)18-20/h3-4,6,9,12,17,19-20H,5,7-8H2,1-2H3,(H2,16,18). The average molecular weight is 300 g/mol. The Morgan fingerprint density at radius 1 is 1.45 bits per heavy atom. The number of nitrogens with one attached hydrogen (secondary N) is 1. The van der Waals surface area contributed by atoms with Gasteiger partial charge < -0.3 is 21.4 Å². The third-order valence-corrected chi connectivity index (χ3v) is 3.25. The molecule has 0 bridgehead atoms. The summed E-state index contributed by atoms with van der Waals surface area (Å²) in [4.78, 5) is 0. The van der Waals surface area contributed by atoms with Crippen LogP contribution in [0.3, 0.4) is 0 Å². The van der Waals surface area contributed by atoms with Crippen LogP contribution in [0.25, 0.3) is 0 Å². The third-order valence-electron chi connectivity index (χ3n) is 2.90. The van der Waals surface area contributed by atoms with Gasteiger partial charge in [-0.15, -0.1) is 0 Å². The lowest BCUT2D eigenvalue weighted by atomic mass is 10.1. The van der Waals surface area contributed by atoms with Gasteiger partial charge in [-0.3, -0.25) is 0 Å². The van der Waals surface area contributed by atoms with Crippen molar-refractivity contribution in [2.75, 3.05) is 6.54 Å². The molecule has 0 saturated heterocycles. The molecule has 1 unspecified atom stereocenters. The first kappa shape index (κ1) is 16.8. The Kier molecular flexibility index (Phi) is 6.78. The number of rotatable bonds is 7. The van der Waals surface area contributed by atoms with E-state index in [0.29, 0.717) is 29.6 Å². The van der Waals surface area contributed by atoms with Crippen LogP contribution in [-0.4, -0.2) is 28.8 Å². The van der Waals surface area contributed by atoms with E-state index in [9.17, 15) is 5.11 Å². The Morgan fingerprint density at radius 2 is 2.15 bits per heavy atom. The van der Waals surface area contributed by atoms with E-state index >= 15 is 0 Å². The quantitative estimate of drug-likeness (QED) is 0.268. The van der Waals surface area contributed by atoms with Gasteiger partial charge in [0.15, 0.2) is 5.84 Å². The van der Waals surface area contributed by atoms with Crippen molar-refractivity contribution in [2.24, 2.45) is 16.8 Å². The molecular formula is C14H22ClN3O2. The summed E-state index contributed by atoms with van der Waals surface area (Å²) in [6.45, 7) is 5.23. The van der Waals surface area contributed by atoms with Crippen LogP contribution in [0, 0.1) is 5.92 Å². The van der Waals surface area contributed by atoms with Gasteiger partial charge in [0.25, 0.3) is 0 Å². The fourth-order valence-corrected chi connectivity index (χ4v) is 2.16. The second kappa shape index (κ2) is 8.09. The molecule has 1 aromatic rings. The predicted molar refractivity (Wildman–Crippen MR) is 81.1 cm³/mol. The molecule has 1 aromatic carbocycles.